The van der Waals surface area contributed by atoms with E-state index in [2.05, 4.69) is 27.4 Å². The SMILES string of the molecule is CC(CCOCC1CCCN1)COc1nc(N2CC3CCC(C2)N3)c2cc(Cl)c(-c3cc(O)cc4ccc(F)cc34)c(F)c2n1. The van der Waals surface area contributed by atoms with Crippen LogP contribution in [0.5, 0.6) is 11.8 Å². The highest BCUT2D eigenvalue weighted by Crippen LogP contribution is 2.43. The average molecular weight is 638 g/mol. The lowest BCUT2D eigenvalue weighted by Crippen LogP contribution is -2.51. The number of phenols is 1. The van der Waals surface area contributed by atoms with E-state index >= 15 is 4.39 Å². The molecule has 3 aromatic carbocycles. The Labute approximate surface area is 266 Å². The van der Waals surface area contributed by atoms with E-state index in [-0.39, 0.29) is 39.3 Å². The average Bonchev–Trinajstić information content (AvgIpc) is 3.67. The summed E-state index contributed by atoms with van der Waals surface area (Å²) in [5, 5.41) is 19.1. The lowest BCUT2D eigenvalue weighted by atomic mass is 9.96. The van der Waals surface area contributed by atoms with Gasteiger partial charge in [0.25, 0.3) is 0 Å². The number of fused-ring (bicyclic) bond motifs is 4. The molecule has 238 valence electrons. The Balaban J connectivity index is 1.22. The Hall–Kier alpha value is -3.31. The van der Waals surface area contributed by atoms with Crippen molar-refractivity contribution in [2.75, 3.05) is 44.4 Å². The fourth-order valence-corrected chi connectivity index (χ4v) is 7.21. The van der Waals surface area contributed by atoms with Crippen LogP contribution in [0.1, 0.15) is 39.0 Å². The molecule has 0 radical (unpaired) electrons. The summed E-state index contributed by atoms with van der Waals surface area (Å²) in [6.07, 6.45) is 5.30. The van der Waals surface area contributed by atoms with Gasteiger partial charge in [-0.3, -0.25) is 0 Å². The summed E-state index contributed by atoms with van der Waals surface area (Å²) >= 11 is 6.81. The van der Waals surface area contributed by atoms with Crippen molar-refractivity contribution in [2.24, 2.45) is 5.92 Å². The third-order valence-corrected chi connectivity index (χ3v) is 9.56. The first-order valence-electron chi connectivity index (χ1n) is 15.9. The first kappa shape index (κ1) is 30.3. The van der Waals surface area contributed by atoms with Crippen molar-refractivity contribution in [2.45, 2.75) is 57.2 Å². The summed E-state index contributed by atoms with van der Waals surface area (Å²) in [7, 11) is 0. The van der Waals surface area contributed by atoms with Crippen molar-refractivity contribution >= 4 is 39.1 Å². The van der Waals surface area contributed by atoms with Crippen LogP contribution in [-0.4, -0.2) is 72.7 Å². The minimum absolute atomic E-state index is 0.0360. The Morgan fingerprint density at radius 2 is 1.89 bits per heavy atom. The van der Waals surface area contributed by atoms with E-state index in [1.54, 1.807) is 12.1 Å². The molecule has 4 heterocycles. The summed E-state index contributed by atoms with van der Waals surface area (Å²) in [5.74, 6) is -0.496. The van der Waals surface area contributed by atoms with Crippen molar-refractivity contribution in [3.8, 4) is 22.9 Å². The summed E-state index contributed by atoms with van der Waals surface area (Å²) < 4.78 is 43.1. The van der Waals surface area contributed by atoms with Crippen LogP contribution in [0.25, 0.3) is 32.8 Å². The van der Waals surface area contributed by atoms with Crippen molar-refractivity contribution in [3.63, 3.8) is 0 Å². The van der Waals surface area contributed by atoms with Crippen molar-refractivity contribution in [3.05, 3.63) is 53.1 Å². The number of aromatic nitrogens is 2. The van der Waals surface area contributed by atoms with Gasteiger partial charge >= 0.3 is 6.01 Å². The molecule has 3 fully saturated rings. The van der Waals surface area contributed by atoms with Gasteiger partial charge in [0.15, 0.2) is 5.82 Å². The molecule has 1 aromatic heterocycles. The lowest BCUT2D eigenvalue weighted by molar-refractivity contribution is 0.0973. The number of hydrogen-bond acceptors (Lipinski definition) is 8. The van der Waals surface area contributed by atoms with E-state index in [1.807, 2.05) is 0 Å². The van der Waals surface area contributed by atoms with Gasteiger partial charge in [-0.15, -0.1) is 0 Å². The van der Waals surface area contributed by atoms with Gasteiger partial charge in [-0.2, -0.15) is 9.97 Å². The third kappa shape index (κ3) is 6.38. The molecule has 3 aliphatic rings. The highest BCUT2D eigenvalue weighted by molar-refractivity contribution is 6.35. The number of aromatic hydroxyl groups is 1. The number of anilines is 1. The number of rotatable bonds is 10. The molecular formula is C34H38ClF2N5O3. The first-order valence-corrected chi connectivity index (χ1v) is 16.3. The standard InChI is InChI=1S/C34H38ClF2N5O3/c1-19(8-10-44-18-24-3-2-9-38-24)17-45-34-40-32-28(33(41-34)42-15-22-6-7-23(16-42)39-22)14-29(35)30(31(32)37)27-13-25(43)11-20-4-5-21(36)12-26(20)27/h4-5,11-14,19,22-24,38-39,43H,2-3,6-10,15-18H2,1H3. The van der Waals surface area contributed by atoms with Gasteiger partial charge in [0.1, 0.15) is 22.9 Å². The predicted molar refractivity (Wildman–Crippen MR) is 172 cm³/mol. The van der Waals surface area contributed by atoms with Crippen LogP contribution >= 0.6 is 11.6 Å². The molecule has 7 rings (SSSR count). The van der Waals surface area contributed by atoms with Crippen LogP contribution < -0.4 is 20.3 Å². The normalized spacial score (nSPS) is 22.0. The number of ether oxygens (including phenoxy) is 2. The maximum Gasteiger partial charge on any atom is 0.319 e. The van der Waals surface area contributed by atoms with Crippen LogP contribution in [0.4, 0.5) is 14.6 Å². The molecule has 3 N–H and O–H groups in total. The zero-order valence-corrected chi connectivity index (χ0v) is 26.0. The molecule has 45 heavy (non-hydrogen) atoms. The zero-order chi connectivity index (χ0) is 31.1. The monoisotopic (exact) mass is 637 g/mol. The fraction of sp³-hybridized carbons (Fsp3) is 0.471. The Morgan fingerprint density at radius 1 is 1.07 bits per heavy atom. The number of nitrogens with one attached hydrogen (secondary N) is 2. The molecule has 3 saturated heterocycles. The second-order valence-corrected chi connectivity index (χ2v) is 13.2. The van der Waals surface area contributed by atoms with E-state index < -0.39 is 11.6 Å². The number of piperazine rings is 1. The van der Waals surface area contributed by atoms with Gasteiger partial charge in [-0.1, -0.05) is 24.6 Å². The molecule has 0 aliphatic carbocycles. The second kappa shape index (κ2) is 12.8. The van der Waals surface area contributed by atoms with Gasteiger partial charge < -0.3 is 30.1 Å². The quantitative estimate of drug-likeness (QED) is 0.177. The molecule has 0 amide bonds. The van der Waals surface area contributed by atoms with Crippen molar-refractivity contribution in [1.82, 2.24) is 20.6 Å². The maximum atomic E-state index is 16.7. The van der Waals surface area contributed by atoms with Crippen LogP contribution in [-0.2, 0) is 4.74 Å². The predicted octanol–water partition coefficient (Wildman–Crippen LogP) is 6.20. The fourth-order valence-electron chi connectivity index (χ4n) is 6.91. The molecule has 0 spiro atoms. The van der Waals surface area contributed by atoms with E-state index in [4.69, 9.17) is 26.1 Å². The van der Waals surface area contributed by atoms with Gasteiger partial charge in [0.05, 0.1) is 18.2 Å². The summed E-state index contributed by atoms with van der Waals surface area (Å²) in [4.78, 5) is 11.5. The van der Waals surface area contributed by atoms with E-state index in [1.165, 1.54) is 30.7 Å². The number of benzene rings is 3. The number of phenolic OH excluding ortho intramolecular Hbond substituents is 1. The second-order valence-electron chi connectivity index (χ2n) is 12.7. The van der Waals surface area contributed by atoms with Crippen LogP contribution in [0.15, 0.2) is 36.4 Å². The summed E-state index contributed by atoms with van der Waals surface area (Å²) in [6.45, 7) is 6.28. The summed E-state index contributed by atoms with van der Waals surface area (Å²) in [5.41, 5.74) is 0.375. The topological polar surface area (TPSA) is 91.8 Å². The molecule has 11 heteroatoms. The minimum atomic E-state index is -0.678. The molecular weight excluding hydrogens is 600 g/mol. The third-order valence-electron chi connectivity index (χ3n) is 9.26. The highest BCUT2D eigenvalue weighted by atomic mass is 35.5. The van der Waals surface area contributed by atoms with Crippen molar-refractivity contribution < 1.29 is 23.4 Å². The Bertz CT molecular complexity index is 1710. The molecule has 3 aliphatic heterocycles. The minimum Gasteiger partial charge on any atom is -0.508 e. The van der Waals surface area contributed by atoms with E-state index in [0.717, 1.165) is 45.3 Å². The van der Waals surface area contributed by atoms with Gasteiger partial charge in [-0.25, -0.2) is 8.78 Å². The Kier molecular flexibility index (Phi) is 8.65. The van der Waals surface area contributed by atoms with E-state index in [9.17, 15) is 9.50 Å². The summed E-state index contributed by atoms with van der Waals surface area (Å²) in [6, 6.07) is 9.92. The molecule has 8 nitrogen and oxygen atoms in total. The van der Waals surface area contributed by atoms with Crippen LogP contribution in [0.2, 0.25) is 5.02 Å². The molecule has 0 saturated carbocycles. The molecule has 4 unspecified atom stereocenters. The molecule has 2 bridgehead atoms. The number of nitrogens with zero attached hydrogens (tertiary/aromatic N) is 3. The van der Waals surface area contributed by atoms with Gasteiger partial charge in [-0.05, 0) is 91.2 Å². The van der Waals surface area contributed by atoms with Gasteiger partial charge in [0, 0.05) is 48.8 Å². The van der Waals surface area contributed by atoms with Crippen LogP contribution in [0.3, 0.4) is 0 Å². The Morgan fingerprint density at radius 3 is 2.67 bits per heavy atom. The van der Waals surface area contributed by atoms with Crippen LogP contribution in [0, 0.1) is 17.6 Å². The molecule has 4 aromatic rings. The van der Waals surface area contributed by atoms with Crippen molar-refractivity contribution in [1.29, 1.82) is 0 Å². The molecule has 4 atom stereocenters. The van der Waals surface area contributed by atoms with Gasteiger partial charge in [0.2, 0.25) is 0 Å². The lowest BCUT2D eigenvalue weighted by Gasteiger charge is -2.34. The number of hydrogen-bond donors (Lipinski definition) is 3. The zero-order valence-electron chi connectivity index (χ0n) is 25.3. The first-order chi connectivity index (χ1) is 21.8. The smallest absolute Gasteiger partial charge is 0.319 e. The highest BCUT2D eigenvalue weighted by Gasteiger charge is 2.34. The van der Waals surface area contributed by atoms with E-state index in [0.29, 0.717) is 59.9 Å². The maximum absolute atomic E-state index is 16.7. The largest absolute Gasteiger partial charge is 0.508 e. The number of halogens is 3.